The van der Waals surface area contributed by atoms with Gasteiger partial charge in [-0.2, -0.15) is 13.2 Å². The summed E-state index contributed by atoms with van der Waals surface area (Å²) in [6.07, 6.45) is -7.68. The first kappa shape index (κ1) is 23.8. The number of rotatable bonds is 6. The van der Waals surface area contributed by atoms with E-state index in [0.717, 1.165) is 12.1 Å². The lowest BCUT2D eigenvalue weighted by Gasteiger charge is -2.23. The lowest BCUT2D eigenvalue weighted by Crippen LogP contribution is -2.38. The number of allylic oxidation sites excluding steroid dienone is 3. The van der Waals surface area contributed by atoms with Crippen LogP contribution in [0.4, 0.5) is 26.3 Å². The average molecular weight is 384 g/mol. The maximum atomic E-state index is 12.4. The van der Waals surface area contributed by atoms with Crippen LogP contribution in [-0.4, -0.2) is 24.1 Å². The molecule has 0 radical (unpaired) electrons. The van der Waals surface area contributed by atoms with Gasteiger partial charge in [-0.05, 0) is 35.8 Å². The number of ether oxygens (including phenoxy) is 1. The first-order chi connectivity index (χ1) is 11.9. The van der Waals surface area contributed by atoms with Gasteiger partial charge in [0, 0.05) is 5.70 Å². The largest absolute Gasteiger partial charge is 0.573 e. The predicted octanol–water partition coefficient (Wildman–Crippen LogP) is 5.66. The van der Waals surface area contributed by atoms with Crippen molar-refractivity contribution < 1.29 is 31.1 Å². The Morgan fingerprint density at radius 2 is 1.62 bits per heavy atom. The molecule has 1 aromatic carbocycles. The second kappa shape index (κ2) is 10.1. The van der Waals surface area contributed by atoms with E-state index in [-0.39, 0.29) is 12.1 Å². The minimum Gasteiger partial charge on any atom is -0.406 e. The summed E-state index contributed by atoms with van der Waals surface area (Å²) >= 11 is 0. The van der Waals surface area contributed by atoms with Crippen molar-refractivity contribution in [1.82, 2.24) is 5.01 Å². The smallest absolute Gasteiger partial charge is 0.406 e. The highest BCUT2D eigenvalue weighted by Crippen LogP contribution is 2.26. The molecule has 0 unspecified atom stereocenters. The van der Waals surface area contributed by atoms with Crippen molar-refractivity contribution in [2.75, 3.05) is 6.54 Å². The van der Waals surface area contributed by atoms with Gasteiger partial charge in [0.1, 0.15) is 12.3 Å². The van der Waals surface area contributed by atoms with Crippen molar-refractivity contribution in [3.63, 3.8) is 0 Å². The zero-order chi connectivity index (χ0) is 20.5. The van der Waals surface area contributed by atoms with E-state index in [1.54, 1.807) is 6.92 Å². The molecule has 0 spiro atoms. The van der Waals surface area contributed by atoms with Crippen LogP contribution >= 0.6 is 0 Å². The molecule has 0 bridgehead atoms. The van der Waals surface area contributed by atoms with Crippen LogP contribution in [0.3, 0.4) is 0 Å². The van der Waals surface area contributed by atoms with Gasteiger partial charge in [0.05, 0.1) is 0 Å². The van der Waals surface area contributed by atoms with Gasteiger partial charge in [-0.25, -0.2) is 5.84 Å². The van der Waals surface area contributed by atoms with Crippen molar-refractivity contribution >= 4 is 5.57 Å². The Kier molecular flexibility index (Phi) is 9.26. The van der Waals surface area contributed by atoms with Gasteiger partial charge in [0.25, 0.3) is 0 Å². The van der Waals surface area contributed by atoms with Gasteiger partial charge in [-0.15, -0.1) is 13.2 Å². The molecule has 3 nitrogen and oxygen atoms in total. The summed E-state index contributed by atoms with van der Waals surface area (Å²) in [6, 6.07) is 4.81. The van der Waals surface area contributed by atoms with E-state index in [4.69, 9.17) is 5.84 Å². The Morgan fingerprint density at radius 3 is 2.00 bits per heavy atom. The number of alkyl halides is 6. The molecule has 0 atom stereocenters. The van der Waals surface area contributed by atoms with E-state index in [0.29, 0.717) is 16.1 Å². The Labute approximate surface area is 148 Å². The summed E-state index contributed by atoms with van der Waals surface area (Å²) in [5.41, 5.74) is 0.923. The molecule has 9 heteroatoms. The zero-order valence-corrected chi connectivity index (χ0v) is 14.7. The molecule has 0 aromatic heterocycles. The number of hydrazine groups is 1. The van der Waals surface area contributed by atoms with Crippen molar-refractivity contribution in [3.05, 3.63) is 48.2 Å². The first-order valence-corrected chi connectivity index (χ1v) is 7.76. The second-order valence-corrected chi connectivity index (χ2v) is 4.83. The molecular formula is C17H22F6N2O. The first-order valence-electron chi connectivity index (χ1n) is 7.76. The molecule has 0 aliphatic carbocycles. The Bertz CT molecular complexity index is 591. The van der Waals surface area contributed by atoms with Gasteiger partial charge >= 0.3 is 12.5 Å². The number of benzene rings is 1. The number of hydrogen-bond donors (Lipinski definition) is 1. The quantitative estimate of drug-likeness (QED) is 0.298. The van der Waals surface area contributed by atoms with E-state index in [1.807, 2.05) is 13.8 Å². The van der Waals surface area contributed by atoms with E-state index in [2.05, 4.69) is 11.3 Å². The molecule has 1 aromatic rings. The molecule has 1 rings (SSSR count). The van der Waals surface area contributed by atoms with Crippen molar-refractivity contribution in [2.45, 2.75) is 39.7 Å². The molecule has 0 saturated carbocycles. The maximum Gasteiger partial charge on any atom is 0.573 e. The summed E-state index contributed by atoms with van der Waals surface area (Å²) < 4.78 is 77.1. The fraction of sp³-hybridized carbons (Fsp3) is 0.412. The Hall–Kier alpha value is -2.16. The normalized spacial score (nSPS) is 12.2. The van der Waals surface area contributed by atoms with E-state index >= 15 is 0 Å². The van der Waals surface area contributed by atoms with Crippen molar-refractivity contribution in [3.8, 4) is 5.75 Å². The van der Waals surface area contributed by atoms with Crippen LogP contribution in [0.15, 0.2) is 42.6 Å². The third kappa shape index (κ3) is 9.36. The minimum atomic E-state index is -4.80. The molecule has 0 heterocycles. The standard InChI is InChI=1S/C15H16F6N2O.C2H6/c1-3-12(23(22)9-14(16,17)18)8-10(2)11-4-6-13(7-5-11)24-15(19,20)21;1-2/h4-8H,2-3,9,22H2,1H3;1-2H3/b12-8+;. The molecule has 0 aliphatic heterocycles. The third-order valence-corrected chi connectivity index (χ3v) is 2.88. The number of hydrogen-bond acceptors (Lipinski definition) is 3. The predicted molar refractivity (Wildman–Crippen MR) is 88.8 cm³/mol. The molecular weight excluding hydrogens is 362 g/mol. The highest BCUT2D eigenvalue weighted by molar-refractivity contribution is 5.72. The molecule has 0 fully saturated rings. The van der Waals surface area contributed by atoms with Gasteiger partial charge in [-0.1, -0.05) is 39.5 Å². The Balaban J connectivity index is 0.00000301. The van der Waals surface area contributed by atoms with Crippen LogP contribution < -0.4 is 10.6 Å². The summed E-state index contributed by atoms with van der Waals surface area (Å²) in [6.45, 7) is 7.99. The lowest BCUT2D eigenvalue weighted by atomic mass is 10.1. The fourth-order valence-corrected chi connectivity index (χ4v) is 1.84. The molecule has 0 saturated heterocycles. The van der Waals surface area contributed by atoms with Crippen molar-refractivity contribution in [2.24, 2.45) is 5.84 Å². The topological polar surface area (TPSA) is 38.5 Å². The summed E-state index contributed by atoms with van der Waals surface area (Å²) in [5, 5.41) is 0.562. The summed E-state index contributed by atoms with van der Waals surface area (Å²) in [5.74, 6) is 4.99. The highest BCUT2D eigenvalue weighted by atomic mass is 19.4. The third-order valence-electron chi connectivity index (χ3n) is 2.88. The molecule has 26 heavy (non-hydrogen) atoms. The van der Waals surface area contributed by atoms with E-state index in [9.17, 15) is 26.3 Å². The monoisotopic (exact) mass is 384 g/mol. The zero-order valence-electron chi connectivity index (χ0n) is 14.7. The lowest BCUT2D eigenvalue weighted by molar-refractivity contribution is -0.274. The van der Waals surface area contributed by atoms with Crippen LogP contribution in [0.5, 0.6) is 5.75 Å². The van der Waals surface area contributed by atoms with E-state index < -0.39 is 24.8 Å². The molecule has 0 aliphatic rings. The van der Waals surface area contributed by atoms with Gasteiger partial charge in [0.2, 0.25) is 0 Å². The molecule has 2 N–H and O–H groups in total. The number of nitrogens with zero attached hydrogens (tertiary/aromatic N) is 1. The van der Waals surface area contributed by atoms with Crippen LogP contribution in [0.25, 0.3) is 5.57 Å². The average Bonchev–Trinajstić information content (AvgIpc) is 2.51. The molecule has 0 amide bonds. The van der Waals surface area contributed by atoms with Crippen molar-refractivity contribution in [1.29, 1.82) is 0 Å². The van der Waals surface area contributed by atoms with Crippen LogP contribution in [0.2, 0.25) is 0 Å². The van der Waals surface area contributed by atoms with Crippen LogP contribution in [-0.2, 0) is 0 Å². The van der Waals surface area contributed by atoms with Gasteiger partial charge < -0.3 is 9.75 Å². The van der Waals surface area contributed by atoms with Crippen LogP contribution in [0, 0.1) is 0 Å². The van der Waals surface area contributed by atoms with Gasteiger partial charge in [-0.3, -0.25) is 0 Å². The Morgan fingerprint density at radius 1 is 1.12 bits per heavy atom. The minimum absolute atomic E-state index is 0.188. The SMILES string of the molecule is C=C(/C=C(\CC)N(N)CC(F)(F)F)c1ccc(OC(F)(F)F)cc1.CC. The maximum absolute atomic E-state index is 12.4. The highest BCUT2D eigenvalue weighted by Gasteiger charge is 2.31. The fourth-order valence-electron chi connectivity index (χ4n) is 1.84. The summed E-state index contributed by atoms with van der Waals surface area (Å²) in [4.78, 5) is 0. The number of nitrogens with two attached hydrogens (primary N) is 1. The van der Waals surface area contributed by atoms with Crippen LogP contribution in [0.1, 0.15) is 32.8 Å². The van der Waals surface area contributed by atoms with Gasteiger partial charge in [0.15, 0.2) is 0 Å². The molecule has 148 valence electrons. The summed E-state index contributed by atoms with van der Waals surface area (Å²) in [7, 11) is 0. The second-order valence-electron chi connectivity index (χ2n) is 4.83. The number of halogens is 6. The van der Waals surface area contributed by atoms with E-state index in [1.165, 1.54) is 18.2 Å².